The van der Waals surface area contributed by atoms with Crippen LogP contribution < -0.4 is 5.73 Å². The van der Waals surface area contributed by atoms with Gasteiger partial charge in [0, 0.05) is 12.8 Å². The smallest absolute Gasteiger partial charge is 0.472 e. The number of carboxylic acid groups (broad SMARTS) is 1. The molecule has 336 valence electrons. The maximum atomic E-state index is 12.6. The number of carboxylic acids is 1. The second kappa shape index (κ2) is 40.0. The van der Waals surface area contributed by atoms with Gasteiger partial charge in [-0.05, 0) is 70.6 Å². The summed E-state index contributed by atoms with van der Waals surface area (Å²) in [6.07, 6.45) is 45.6. The Morgan fingerprint density at radius 2 is 1.10 bits per heavy atom. The summed E-state index contributed by atoms with van der Waals surface area (Å²) in [7, 11) is -4.76. The molecule has 13 heteroatoms. The van der Waals surface area contributed by atoms with Crippen LogP contribution in [0.3, 0.4) is 0 Å². The van der Waals surface area contributed by atoms with Crippen molar-refractivity contribution >= 4 is 25.7 Å². The first kappa shape index (κ1) is 55.6. The van der Waals surface area contributed by atoms with Gasteiger partial charge in [0.15, 0.2) is 6.10 Å². The Hall–Kier alpha value is -3.38. The minimum absolute atomic E-state index is 0.0501. The number of esters is 2. The Morgan fingerprint density at radius 1 is 0.610 bits per heavy atom. The van der Waals surface area contributed by atoms with Crippen molar-refractivity contribution in [2.24, 2.45) is 5.73 Å². The number of phosphoric acid groups is 1. The number of nitrogens with two attached hydrogens (primary N) is 1. The third-order valence-electron chi connectivity index (χ3n) is 8.72. The molecule has 0 fully saturated rings. The van der Waals surface area contributed by atoms with Crippen molar-refractivity contribution in [1.82, 2.24) is 0 Å². The number of ether oxygens (including phenoxy) is 2. The van der Waals surface area contributed by atoms with Gasteiger partial charge in [-0.25, -0.2) is 4.57 Å². The molecule has 0 heterocycles. The molecule has 12 nitrogen and oxygen atoms in total. The van der Waals surface area contributed by atoms with Gasteiger partial charge in [-0.1, -0.05) is 150 Å². The summed E-state index contributed by atoms with van der Waals surface area (Å²) in [5.74, 6) is -2.56. The van der Waals surface area contributed by atoms with Crippen molar-refractivity contribution in [3.05, 3.63) is 85.1 Å². The van der Waals surface area contributed by atoms with Crippen LogP contribution >= 0.6 is 7.82 Å². The van der Waals surface area contributed by atoms with E-state index in [9.17, 15) is 28.9 Å². The number of carbonyl (C=O) groups excluding carboxylic acids is 2. The van der Waals surface area contributed by atoms with Gasteiger partial charge >= 0.3 is 25.7 Å². The molecule has 0 aromatic rings. The summed E-state index contributed by atoms with van der Waals surface area (Å²) in [4.78, 5) is 45.9. The van der Waals surface area contributed by atoms with Crippen LogP contribution in [-0.4, -0.2) is 71.1 Å². The fourth-order valence-corrected chi connectivity index (χ4v) is 6.02. The monoisotopic (exact) mass is 850 g/mol. The zero-order chi connectivity index (χ0) is 43.7. The van der Waals surface area contributed by atoms with E-state index in [1.54, 1.807) is 0 Å². The lowest BCUT2D eigenvalue weighted by Gasteiger charge is -2.20. The Balaban J connectivity index is 4.61. The normalized spacial score (nSPS) is 15.1. The lowest BCUT2D eigenvalue weighted by molar-refractivity contribution is -0.161. The van der Waals surface area contributed by atoms with Crippen LogP contribution in [0.25, 0.3) is 0 Å². The van der Waals surface area contributed by atoms with Crippen molar-refractivity contribution in [2.75, 3.05) is 19.8 Å². The van der Waals surface area contributed by atoms with Gasteiger partial charge in [-0.15, -0.1) is 0 Å². The maximum absolute atomic E-state index is 12.6. The van der Waals surface area contributed by atoms with Crippen molar-refractivity contribution in [3.63, 3.8) is 0 Å². The van der Waals surface area contributed by atoms with Crippen molar-refractivity contribution < 1.29 is 52.6 Å². The number of aliphatic hydroxyl groups excluding tert-OH is 1. The minimum atomic E-state index is -4.76. The highest BCUT2D eigenvalue weighted by atomic mass is 31.2. The molecule has 0 aliphatic heterocycles. The number of aliphatic hydroxyl groups is 1. The van der Waals surface area contributed by atoms with Gasteiger partial charge in [0.25, 0.3) is 0 Å². The fourth-order valence-electron chi connectivity index (χ4n) is 5.24. The van der Waals surface area contributed by atoms with Gasteiger partial charge in [-0.3, -0.25) is 23.4 Å². The van der Waals surface area contributed by atoms with E-state index in [-0.39, 0.29) is 12.8 Å². The molecule has 0 aliphatic rings. The average Bonchev–Trinajstić information content (AvgIpc) is 3.20. The quantitative estimate of drug-likeness (QED) is 0.0151. The number of aliphatic carboxylic acids is 1. The summed E-state index contributed by atoms with van der Waals surface area (Å²) in [5, 5.41) is 18.8. The van der Waals surface area contributed by atoms with E-state index in [1.165, 1.54) is 38.5 Å². The fraction of sp³-hybridized carbons (Fsp3) is 0.630. The number of hydrogen-bond donors (Lipinski definition) is 4. The summed E-state index contributed by atoms with van der Waals surface area (Å²) in [5.41, 5.74) is 5.32. The Labute approximate surface area is 355 Å². The number of rotatable bonds is 39. The summed E-state index contributed by atoms with van der Waals surface area (Å²) in [6, 6.07) is -1.55. The third kappa shape index (κ3) is 39.8. The third-order valence-corrected chi connectivity index (χ3v) is 9.67. The number of phosphoric ester groups is 1. The number of unbranched alkanes of at least 4 members (excludes halogenated alkanes) is 10. The van der Waals surface area contributed by atoms with Gasteiger partial charge in [-0.2, -0.15) is 0 Å². The van der Waals surface area contributed by atoms with Crippen molar-refractivity contribution in [1.29, 1.82) is 0 Å². The SMILES string of the molecule is CCCCCCCC/C=C\C/C=C\C/C=C\CCCC(=O)OC[C@H](COP(=O)(O)OC[C@H](N)C(=O)O)OC(=O)CCC/C=C\C/C=C\C/C=C\C=C\[C@@H](O)CCCCC. The predicted molar refractivity (Wildman–Crippen MR) is 236 cm³/mol. The standard InChI is InChI=1S/C46H76NO11P/c1-3-5-7-8-9-10-11-12-13-14-15-16-19-22-25-28-32-36-44(49)55-38-42(39-56-59(53,54)57-40-43(47)46(51)52)58-45(50)37-33-29-26-23-20-17-18-21-24-27-31-35-41(48)34-30-6-4-2/h12-13,15-18,22-27,31,35,41-43,48H,3-11,14,19-21,28-30,32-34,36-40,47H2,1-2H3,(H,51,52)(H,53,54)/b13-12-,16-15-,18-17-,25-22-,26-23-,27-24-,35-31+/t41-,42+,43-/m0/s1. The Kier molecular flexibility index (Phi) is 37.8. The highest BCUT2D eigenvalue weighted by Crippen LogP contribution is 2.43. The molecule has 5 N–H and O–H groups in total. The second-order valence-corrected chi connectivity index (χ2v) is 15.8. The molecule has 0 radical (unpaired) electrons. The molecule has 0 saturated heterocycles. The Morgan fingerprint density at radius 3 is 1.69 bits per heavy atom. The van der Waals surface area contributed by atoms with E-state index < -0.39 is 63.8 Å². The molecule has 0 aromatic heterocycles. The van der Waals surface area contributed by atoms with Crippen LogP contribution in [0.1, 0.15) is 149 Å². The van der Waals surface area contributed by atoms with Crippen LogP contribution in [0.4, 0.5) is 0 Å². The minimum Gasteiger partial charge on any atom is -0.480 e. The molecular weight excluding hydrogens is 773 g/mol. The molecule has 0 aliphatic carbocycles. The number of carbonyl (C=O) groups is 3. The van der Waals surface area contributed by atoms with E-state index in [2.05, 4.69) is 42.7 Å². The lowest BCUT2D eigenvalue weighted by Crippen LogP contribution is -2.34. The second-order valence-electron chi connectivity index (χ2n) is 14.3. The molecular formula is C46H76NO11P. The number of hydrogen-bond acceptors (Lipinski definition) is 10. The van der Waals surface area contributed by atoms with E-state index in [4.69, 9.17) is 24.8 Å². The van der Waals surface area contributed by atoms with E-state index in [1.807, 2.05) is 60.8 Å². The molecule has 0 bridgehead atoms. The van der Waals surface area contributed by atoms with Gasteiger partial charge in [0.1, 0.15) is 12.6 Å². The van der Waals surface area contributed by atoms with E-state index in [0.29, 0.717) is 25.7 Å². The zero-order valence-corrected chi connectivity index (χ0v) is 36.8. The molecule has 0 spiro atoms. The molecule has 0 saturated carbocycles. The van der Waals surface area contributed by atoms with Gasteiger partial charge < -0.3 is 30.3 Å². The van der Waals surface area contributed by atoms with E-state index in [0.717, 1.165) is 57.8 Å². The molecule has 59 heavy (non-hydrogen) atoms. The van der Waals surface area contributed by atoms with Crippen LogP contribution in [0, 0.1) is 0 Å². The number of allylic oxidation sites excluding steroid dienone is 13. The highest BCUT2D eigenvalue weighted by molar-refractivity contribution is 7.47. The largest absolute Gasteiger partial charge is 0.480 e. The molecule has 0 amide bonds. The van der Waals surface area contributed by atoms with Crippen LogP contribution in [0.15, 0.2) is 85.1 Å². The topological polar surface area (TPSA) is 192 Å². The molecule has 0 aromatic carbocycles. The summed E-state index contributed by atoms with van der Waals surface area (Å²) < 4.78 is 32.5. The molecule has 4 atom stereocenters. The van der Waals surface area contributed by atoms with Crippen molar-refractivity contribution in [3.8, 4) is 0 Å². The molecule has 1 unspecified atom stereocenters. The van der Waals surface area contributed by atoms with Gasteiger partial charge in [0.2, 0.25) is 0 Å². The van der Waals surface area contributed by atoms with Crippen molar-refractivity contribution in [2.45, 2.75) is 167 Å². The predicted octanol–water partition coefficient (Wildman–Crippen LogP) is 10.5. The lowest BCUT2D eigenvalue weighted by atomic mass is 10.1. The van der Waals surface area contributed by atoms with Gasteiger partial charge in [0.05, 0.1) is 19.3 Å². The first-order valence-electron chi connectivity index (χ1n) is 21.7. The Bertz CT molecular complexity index is 1340. The van der Waals surface area contributed by atoms with Crippen LogP contribution in [-0.2, 0) is 37.5 Å². The van der Waals surface area contributed by atoms with Crippen LogP contribution in [0.2, 0.25) is 0 Å². The first-order valence-corrected chi connectivity index (χ1v) is 23.2. The summed E-state index contributed by atoms with van der Waals surface area (Å²) in [6.45, 7) is 2.54. The summed E-state index contributed by atoms with van der Waals surface area (Å²) >= 11 is 0. The van der Waals surface area contributed by atoms with Crippen LogP contribution in [0.5, 0.6) is 0 Å². The maximum Gasteiger partial charge on any atom is 0.472 e. The molecule has 0 rings (SSSR count). The first-order chi connectivity index (χ1) is 28.5. The zero-order valence-electron chi connectivity index (χ0n) is 35.9. The average molecular weight is 850 g/mol. The highest BCUT2D eigenvalue weighted by Gasteiger charge is 2.28. The van der Waals surface area contributed by atoms with E-state index >= 15 is 0 Å².